The van der Waals surface area contributed by atoms with Gasteiger partial charge in [-0.15, -0.1) is 0 Å². The Morgan fingerprint density at radius 1 is 0.478 bits per heavy atom. The summed E-state index contributed by atoms with van der Waals surface area (Å²) in [5, 5.41) is 18.3. The first kappa shape index (κ1) is 11.9. The number of hydrogen-bond acceptors (Lipinski definition) is 1. The van der Waals surface area contributed by atoms with Gasteiger partial charge in [-0.2, -0.15) is 11.3 Å². The van der Waals surface area contributed by atoms with Crippen molar-refractivity contribution >= 4 is 65.2 Å². The highest BCUT2D eigenvalue weighted by atomic mass is 32.1. The fourth-order valence-corrected chi connectivity index (χ4v) is 4.97. The Labute approximate surface area is 136 Å². The quantitative estimate of drug-likeness (QED) is 0.210. The molecule has 0 bridgehead atoms. The van der Waals surface area contributed by atoms with E-state index >= 15 is 0 Å². The van der Waals surface area contributed by atoms with E-state index in [1.54, 1.807) is 11.3 Å². The summed E-state index contributed by atoms with van der Waals surface area (Å²) in [6.45, 7) is 0. The van der Waals surface area contributed by atoms with Gasteiger partial charge in [0.25, 0.3) is 0 Å². The van der Waals surface area contributed by atoms with Gasteiger partial charge in [0.15, 0.2) is 0 Å². The van der Waals surface area contributed by atoms with E-state index in [-0.39, 0.29) is 0 Å². The van der Waals surface area contributed by atoms with Crippen molar-refractivity contribution in [3.8, 4) is 0 Å². The molecule has 1 aromatic heterocycles. The molecule has 106 valence electrons. The zero-order valence-electron chi connectivity index (χ0n) is 12.3. The van der Waals surface area contributed by atoms with E-state index in [1.807, 2.05) is 0 Å². The lowest BCUT2D eigenvalue weighted by atomic mass is 9.88. The van der Waals surface area contributed by atoms with Crippen LogP contribution in [0.3, 0.4) is 0 Å². The summed E-state index contributed by atoms with van der Waals surface area (Å²) in [5.41, 5.74) is 0. The van der Waals surface area contributed by atoms with Crippen LogP contribution < -0.4 is 0 Å². The van der Waals surface area contributed by atoms with Crippen molar-refractivity contribution in [3.63, 3.8) is 0 Å². The van der Waals surface area contributed by atoms with Crippen molar-refractivity contribution in [3.05, 3.63) is 71.4 Å². The van der Waals surface area contributed by atoms with E-state index in [2.05, 4.69) is 71.4 Å². The van der Waals surface area contributed by atoms with Gasteiger partial charge in [0, 0.05) is 5.39 Å². The van der Waals surface area contributed by atoms with Gasteiger partial charge in [-0.1, -0.05) is 54.6 Å². The molecule has 6 rings (SSSR count). The second-order valence-electron chi connectivity index (χ2n) is 6.24. The first-order valence-corrected chi connectivity index (χ1v) is 8.80. The lowest BCUT2D eigenvalue weighted by molar-refractivity contribution is 1.81. The van der Waals surface area contributed by atoms with E-state index in [1.165, 1.54) is 53.9 Å². The highest BCUT2D eigenvalue weighted by Gasteiger charge is 2.14. The average molecular weight is 308 g/mol. The molecule has 0 saturated heterocycles. The van der Waals surface area contributed by atoms with Crippen molar-refractivity contribution in [2.45, 2.75) is 0 Å². The largest absolute Gasteiger partial charge is 0.151 e. The smallest absolute Gasteiger partial charge is 0.000249 e. The predicted molar refractivity (Wildman–Crippen MR) is 103 cm³/mol. The maximum atomic E-state index is 2.38. The van der Waals surface area contributed by atoms with Gasteiger partial charge < -0.3 is 0 Å². The first-order chi connectivity index (χ1) is 11.4. The van der Waals surface area contributed by atoms with Crippen molar-refractivity contribution in [2.75, 3.05) is 0 Å². The van der Waals surface area contributed by atoms with Crippen LogP contribution >= 0.6 is 11.3 Å². The van der Waals surface area contributed by atoms with Crippen LogP contribution in [0.25, 0.3) is 53.9 Å². The Kier molecular flexibility index (Phi) is 2.07. The van der Waals surface area contributed by atoms with Crippen molar-refractivity contribution in [1.82, 2.24) is 0 Å². The molecule has 0 unspecified atom stereocenters. The summed E-state index contributed by atoms with van der Waals surface area (Å²) >= 11 is 1.79. The molecule has 23 heavy (non-hydrogen) atoms. The van der Waals surface area contributed by atoms with Gasteiger partial charge >= 0.3 is 0 Å². The molecule has 0 nitrogen and oxygen atoms in total. The minimum atomic E-state index is 1.33. The summed E-state index contributed by atoms with van der Waals surface area (Å²) < 4.78 is 0. The molecular formula is C22H12S. The molecule has 0 aliphatic rings. The zero-order chi connectivity index (χ0) is 15.0. The molecule has 0 radical (unpaired) electrons. The molecule has 0 amide bonds. The second-order valence-corrected chi connectivity index (χ2v) is 6.98. The molecule has 0 atom stereocenters. The fourth-order valence-electron chi connectivity index (χ4n) is 4.16. The molecule has 0 fully saturated rings. The molecule has 0 spiro atoms. The molecule has 0 N–H and O–H groups in total. The molecule has 1 heteroatoms. The average Bonchev–Trinajstić information content (AvgIpc) is 3.08. The minimum absolute atomic E-state index is 1.33. The highest BCUT2D eigenvalue weighted by Crippen LogP contribution is 2.43. The Bertz CT molecular complexity index is 1350. The summed E-state index contributed by atoms with van der Waals surface area (Å²) in [6.07, 6.45) is 0. The Morgan fingerprint density at radius 2 is 1.09 bits per heavy atom. The SMILES string of the molecule is c1cc2cccc3c4cc5cscc5c5cccc(c(c1)c23)c54. The fraction of sp³-hybridized carbons (Fsp3) is 0. The van der Waals surface area contributed by atoms with Gasteiger partial charge in [-0.25, -0.2) is 0 Å². The van der Waals surface area contributed by atoms with E-state index in [4.69, 9.17) is 0 Å². The monoisotopic (exact) mass is 308 g/mol. The van der Waals surface area contributed by atoms with Gasteiger partial charge in [0.1, 0.15) is 0 Å². The maximum absolute atomic E-state index is 2.38. The molecular weight excluding hydrogens is 296 g/mol. The van der Waals surface area contributed by atoms with E-state index in [0.29, 0.717) is 0 Å². The Hall–Kier alpha value is -2.64. The number of thiophene rings is 1. The molecule has 1 heterocycles. The van der Waals surface area contributed by atoms with E-state index < -0.39 is 0 Å². The van der Waals surface area contributed by atoms with Gasteiger partial charge in [0.2, 0.25) is 0 Å². The molecule has 6 aromatic rings. The highest BCUT2D eigenvalue weighted by molar-refractivity contribution is 7.09. The second kappa shape index (κ2) is 4.01. The first-order valence-electron chi connectivity index (χ1n) is 7.86. The van der Waals surface area contributed by atoms with Crippen LogP contribution in [-0.2, 0) is 0 Å². The van der Waals surface area contributed by atoms with E-state index in [0.717, 1.165) is 0 Å². The molecule has 0 aliphatic heterocycles. The maximum Gasteiger partial charge on any atom is 0.000249 e. The third-order valence-corrected chi connectivity index (χ3v) is 5.86. The molecule has 5 aromatic carbocycles. The van der Waals surface area contributed by atoms with Crippen molar-refractivity contribution < 1.29 is 0 Å². The number of rotatable bonds is 0. The Morgan fingerprint density at radius 3 is 1.87 bits per heavy atom. The van der Waals surface area contributed by atoms with Crippen molar-refractivity contribution in [2.24, 2.45) is 0 Å². The van der Waals surface area contributed by atoms with E-state index in [9.17, 15) is 0 Å². The van der Waals surface area contributed by atoms with Crippen molar-refractivity contribution in [1.29, 1.82) is 0 Å². The topological polar surface area (TPSA) is 0 Å². The standard InChI is InChI=1S/C22H12S/c1-4-13-5-2-7-17-19-10-14-11-23-12-20(14)18-9-3-8-16(22(18)19)15(6-1)21(13)17/h1-12H. The third-order valence-electron chi connectivity index (χ3n) is 5.10. The molecule has 0 saturated carbocycles. The normalized spacial score (nSPS) is 12.3. The van der Waals surface area contributed by atoms with Crippen LogP contribution in [0.2, 0.25) is 0 Å². The summed E-state index contributed by atoms with van der Waals surface area (Å²) in [7, 11) is 0. The van der Waals surface area contributed by atoms with Gasteiger partial charge in [-0.05, 0) is 65.3 Å². The zero-order valence-corrected chi connectivity index (χ0v) is 13.2. The van der Waals surface area contributed by atoms with Crippen LogP contribution in [0.1, 0.15) is 0 Å². The summed E-state index contributed by atoms with van der Waals surface area (Å²) in [6, 6.07) is 22.4. The van der Waals surface area contributed by atoms with Crippen LogP contribution in [-0.4, -0.2) is 0 Å². The molecule has 0 aliphatic carbocycles. The third kappa shape index (κ3) is 1.37. The number of hydrogen-bond donors (Lipinski definition) is 0. The van der Waals surface area contributed by atoms with Crippen LogP contribution in [0.15, 0.2) is 71.4 Å². The Balaban J connectivity index is 2.13. The van der Waals surface area contributed by atoms with Crippen LogP contribution in [0.5, 0.6) is 0 Å². The van der Waals surface area contributed by atoms with Gasteiger partial charge in [-0.3, -0.25) is 0 Å². The lowest BCUT2D eigenvalue weighted by Gasteiger charge is -2.14. The summed E-state index contributed by atoms with van der Waals surface area (Å²) in [4.78, 5) is 0. The van der Waals surface area contributed by atoms with Crippen LogP contribution in [0, 0.1) is 0 Å². The predicted octanol–water partition coefficient (Wildman–Crippen LogP) is 6.95. The number of fused-ring (bicyclic) bond motifs is 4. The number of benzene rings is 5. The van der Waals surface area contributed by atoms with Gasteiger partial charge in [0.05, 0.1) is 0 Å². The minimum Gasteiger partial charge on any atom is -0.151 e. The lowest BCUT2D eigenvalue weighted by Crippen LogP contribution is -1.86. The summed E-state index contributed by atoms with van der Waals surface area (Å²) in [5.74, 6) is 0. The van der Waals surface area contributed by atoms with Crippen LogP contribution in [0.4, 0.5) is 0 Å².